The van der Waals surface area contributed by atoms with Crippen LogP contribution >= 0.6 is 22.9 Å². The zero-order valence-electron chi connectivity index (χ0n) is 11.3. The molecule has 1 aromatic heterocycles. The Hall–Kier alpha value is -1.07. The predicted molar refractivity (Wildman–Crippen MR) is 78.8 cm³/mol. The lowest BCUT2D eigenvalue weighted by atomic mass is 9.92. The van der Waals surface area contributed by atoms with Gasteiger partial charge in [-0.25, -0.2) is 0 Å². The average molecular weight is 313 g/mol. The molecule has 2 heterocycles. The number of hydrogen-bond donors (Lipinski definition) is 1. The van der Waals surface area contributed by atoms with Crippen molar-refractivity contribution >= 4 is 34.8 Å². The molecule has 1 aliphatic heterocycles. The normalized spacial score (nSPS) is 23.2. The van der Waals surface area contributed by atoms with Crippen molar-refractivity contribution in [3.63, 3.8) is 0 Å². The van der Waals surface area contributed by atoms with Crippen LogP contribution in [-0.4, -0.2) is 28.8 Å². The number of piperazine rings is 1. The van der Waals surface area contributed by atoms with Crippen LogP contribution in [0.5, 0.6) is 0 Å². The van der Waals surface area contributed by atoms with E-state index < -0.39 is 5.54 Å². The molecule has 6 heteroatoms. The molecule has 2 aliphatic rings. The van der Waals surface area contributed by atoms with Gasteiger partial charge in [0, 0.05) is 4.88 Å². The Bertz CT molecular complexity index is 551. The summed E-state index contributed by atoms with van der Waals surface area (Å²) in [5.74, 6) is 0.00706. The molecule has 2 amide bonds. The number of carbonyl (C=O) groups excluding carboxylic acids is 2. The second kappa shape index (κ2) is 5.04. The van der Waals surface area contributed by atoms with Gasteiger partial charge >= 0.3 is 0 Å². The molecule has 1 atom stereocenters. The first-order chi connectivity index (χ1) is 9.52. The van der Waals surface area contributed by atoms with E-state index in [0.717, 1.165) is 30.6 Å². The van der Waals surface area contributed by atoms with Gasteiger partial charge in [0.15, 0.2) is 0 Å². The van der Waals surface area contributed by atoms with Gasteiger partial charge < -0.3 is 10.2 Å². The molecule has 1 saturated heterocycles. The lowest BCUT2D eigenvalue weighted by molar-refractivity contribution is -0.152. The van der Waals surface area contributed by atoms with E-state index in [1.54, 1.807) is 4.90 Å². The minimum Gasteiger partial charge on any atom is -0.340 e. The van der Waals surface area contributed by atoms with Crippen LogP contribution in [0.4, 0.5) is 0 Å². The number of hydrogen-bond acceptors (Lipinski definition) is 3. The van der Waals surface area contributed by atoms with E-state index in [-0.39, 0.29) is 24.4 Å². The lowest BCUT2D eigenvalue weighted by Gasteiger charge is -2.42. The van der Waals surface area contributed by atoms with Gasteiger partial charge in [-0.15, -0.1) is 11.3 Å². The summed E-state index contributed by atoms with van der Waals surface area (Å²) in [6.45, 7) is 2.10. The first-order valence-electron chi connectivity index (χ1n) is 6.89. The van der Waals surface area contributed by atoms with Crippen LogP contribution in [0.1, 0.15) is 43.5 Å². The van der Waals surface area contributed by atoms with Gasteiger partial charge in [-0.3, -0.25) is 9.59 Å². The average Bonchev–Trinajstić information content (AvgIpc) is 3.03. The van der Waals surface area contributed by atoms with E-state index in [2.05, 4.69) is 5.32 Å². The molecule has 1 unspecified atom stereocenters. The summed E-state index contributed by atoms with van der Waals surface area (Å²) in [6.07, 6.45) is 3.51. The largest absolute Gasteiger partial charge is 0.340 e. The van der Waals surface area contributed by atoms with Crippen molar-refractivity contribution < 1.29 is 9.59 Å². The van der Waals surface area contributed by atoms with Crippen molar-refractivity contribution in [2.75, 3.05) is 6.54 Å². The molecule has 0 radical (unpaired) electrons. The predicted octanol–water partition coefficient (Wildman–Crippen LogP) is 2.73. The number of halogens is 1. The molecule has 20 heavy (non-hydrogen) atoms. The van der Waals surface area contributed by atoms with Crippen molar-refractivity contribution in [2.24, 2.45) is 0 Å². The highest BCUT2D eigenvalue weighted by molar-refractivity contribution is 7.16. The van der Waals surface area contributed by atoms with Crippen LogP contribution in [0.3, 0.4) is 0 Å². The molecule has 2 fully saturated rings. The highest BCUT2D eigenvalue weighted by Crippen LogP contribution is 2.37. The maximum atomic E-state index is 12.8. The first-order valence-corrected chi connectivity index (χ1v) is 8.09. The third kappa shape index (κ3) is 2.23. The maximum absolute atomic E-state index is 12.8. The number of thiophene rings is 1. The Morgan fingerprint density at radius 2 is 2.05 bits per heavy atom. The summed E-state index contributed by atoms with van der Waals surface area (Å²) >= 11 is 7.43. The Morgan fingerprint density at radius 1 is 1.35 bits per heavy atom. The molecule has 1 aliphatic carbocycles. The Kier molecular flexibility index (Phi) is 3.50. The topological polar surface area (TPSA) is 49.4 Å². The van der Waals surface area contributed by atoms with E-state index >= 15 is 0 Å². The fraction of sp³-hybridized carbons (Fsp3) is 0.571. The zero-order valence-corrected chi connectivity index (χ0v) is 12.9. The molecular weight excluding hydrogens is 296 g/mol. The number of rotatable bonds is 2. The molecule has 0 bridgehead atoms. The molecule has 0 aromatic carbocycles. The molecular formula is C14H17ClN2O2S. The molecule has 4 nitrogen and oxygen atoms in total. The van der Waals surface area contributed by atoms with E-state index in [1.165, 1.54) is 11.3 Å². The highest BCUT2D eigenvalue weighted by Gasteiger charge is 2.49. The molecule has 1 aromatic rings. The van der Waals surface area contributed by atoms with Gasteiger partial charge in [-0.05, 0) is 31.9 Å². The van der Waals surface area contributed by atoms with Crippen molar-refractivity contribution in [3.05, 3.63) is 21.3 Å². The summed E-state index contributed by atoms with van der Waals surface area (Å²) in [7, 11) is 0. The monoisotopic (exact) mass is 312 g/mol. The first kappa shape index (κ1) is 13.9. The third-order valence-electron chi connectivity index (χ3n) is 4.29. The molecule has 1 N–H and O–H groups in total. The standard InChI is InChI=1S/C14H17ClN2O2S/c1-9(10-4-5-11(15)20-10)17-8-12(18)16-14(13(17)19)6-2-3-7-14/h4-5,9H,2-3,6-8H2,1H3,(H,16,18). The van der Waals surface area contributed by atoms with Crippen molar-refractivity contribution in [2.45, 2.75) is 44.2 Å². The van der Waals surface area contributed by atoms with E-state index in [9.17, 15) is 9.59 Å². The van der Waals surface area contributed by atoms with Gasteiger partial charge in [0.1, 0.15) is 12.1 Å². The van der Waals surface area contributed by atoms with Crippen molar-refractivity contribution in [1.29, 1.82) is 0 Å². The summed E-state index contributed by atoms with van der Waals surface area (Å²) in [4.78, 5) is 27.5. The van der Waals surface area contributed by atoms with E-state index in [0.29, 0.717) is 4.34 Å². The SMILES string of the molecule is CC(c1ccc(Cl)s1)N1CC(=O)NC2(CCCC2)C1=O. The van der Waals surface area contributed by atoms with Crippen LogP contribution in [0.2, 0.25) is 4.34 Å². The second-order valence-electron chi connectivity index (χ2n) is 5.59. The fourth-order valence-electron chi connectivity index (χ4n) is 3.20. The van der Waals surface area contributed by atoms with E-state index in [1.807, 2.05) is 19.1 Å². The van der Waals surface area contributed by atoms with Gasteiger partial charge in [0.05, 0.1) is 10.4 Å². The number of nitrogens with zero attached hydrogens (tertiary/aromatic N) is 1. The summed E-state index contributed by atoms with van der Waals surface area (Å²) in [5, 5.41) is 2.93. The Labute approximate surface area is 127 Å². The van der Waals surface area contributed by atoms with E-state index in [4.69, 9.17) is 11.6 Å². The van der Waals surface area contributed by atoms with Crippen LogP contribution in [0.15, 0.2) is 12.1 Å². The summed E-state index contributed by atoms with van der Waals surface area (Å²) in [5.41, 5.74) is -0.648. The lowest BCUT2D eigenvalue weighted by Crippen LogP contribution is -2.65. The minimum absolute atomic E-state index is 0.0546. The number of amides is 2. The van der Waals surface area contributed by atoms with Crippen LogP contribution < -0.4 is 5.32 Å². The fourth-order valence-corrected chi connectivity index (χ4v) is 4.32. The molecule has 1 spiro atoms. The van der Waals surface area contributed by atoms with Gasteiger partial charge in [-0.2, -0.15) is 0 Å². The maximum Gasteiger partial charge on any atom is 0.249 e. The zero-order chi connectivity index (χ0) is 14.3. The smallest absolute Gasteiger partial charge is 0.249 e. The van der Waals surface area contributed by atoms with Crippen molar-refractivity contribution in [1.82, 2.24) is 10.2 Å². The number of carbonyl (C=O) groups is 2. The molecule has 1 saturated carbocycles. The summed E-state index contributed by atoms with van der Waals surface area (Å²) < 4.78 is 0.705. The Balaban J connectivity index is 1.88. The molecule has 108 valence electrons. The van der Waals surface area contributed by atoms with Crippen LogP contribution in [-0.2, 0) is 9.59 Å². The van der Waals surface area contributed by atoms with Crippen LogP contribution in [0, 0.1) is 0 Å². The van der Waals surface area contributed by atoms with Crippen LogP contribution in [0.25, 0.3) is 0 Å². The highest BCUT2D eigenvalue weighted by atomic mass is 35.5. The van der Waals surface area contributed by atoms with Gasteiger partial charge in [0.25, 0.3) is 0 Å². The second-order valence-corrected chi connectivity index (χ2v) is 7.33. The van der Waals surface area contributed by atoms with Crippen molar-refractivity contribution in [3.8, 4) is 0 Å². The minimum atomic E-state index is -0.648. The number of nitrogens with one attached hydrogen (secondary N) is 1. The third-order valence-corrected chi connectivity index (χ3v) is 5.69. The Morgan fingerprint density at radius 3 is 2.65 bits per heavy atom. The quantitative estimate of drug-likeness (QED) is 0.913. The van der Waals surface area contributed by atoms with Gasteiger partial charge in [0.2, 0.25) is 11.8 Å². The summed E-state index contributed by atoms with van der Waals surface area (Å²) in [6, 6.07) is 3.65. The molecule has 3 rings (SSSR count). The van der Waals surface area contributed by atoms with Gasteiger partial charge in [-0.1, -0.05) is 24.4 Å².